The zero-order chi connectivity index (χ0) is 20.7. The first-order chi connectivity index (χ1) is 13.9. The summed E-state index contributed by atoms with van der Waals surface area (Å²) in [6.45, 7) is 6.62. The number of benzene rings is 1. The van der Waals surface area contributed by atoms with E-state index in [9.17, 15) is 4.79 Å². The van der Waals surface area contributed by atoms with E-state index >= 15 is 0 Å². The van der Waals surface area contributed by atoms with E-state index in [4.69, 9.17) is 28.2 Å². The number of aromatic nitrogens is 4. The summed E-state index contributed by atoms with van der Waals surface area (Å²) in [7, 11) is 0. The van der Waals surface area contributed by atoms with Crippen LogP contribution in [0.3, 0.4) is 0 Å². The first-order valence-electron chi connectivity index (χ1n) is 9.48. The zero-order valence-electron chi connectivity index (χ0n) is 16.4. The highest BCUT2D eigenvalue weighted by atomic mass is 35.5. The molecule has 0 fully saturated rings. The molecular formula is C21H21Cl2N5O. The lowest BCUT2D eigenvalue weighted by molar-refractivity contribution is -0.119. The second-order valence-electron chi connectivity index (χ2n) is 7.32. The van der Waals surface area contributed by atoms with Crippen molar-refractivity contribution in [2.45, 2.75) is 39.3 Å². The molecule has 0 bridgehead atoms. The molecule has 2 aromatic heterocycles. The lowest BCUT2D eigenvalue weighted by Crippen LogP contribution is -2.34. The molecule has 8 heteroatoms. The van der Waals surface area contributed by atoms with Gasteiger partial charge in [0.25, 0.3) is 0 Å². The van der Waals surface area contributed by atoms with Gasteiger partial charge >= 0.3 is 0 Å². The zero-order valence-corrected chi connectivity index (χ0v) is 17.9. The van der Waals surface area contributed by atoms with Crippen LogP contribution in [0.25, 0.3) is 16.7 Å². The van der Waals surface area contributed by atoms with E-state index in [2.05, 4.69) is 16.2 Å². The number of nitrogens with zero attached hydrogens (tertiary/aromatic N) is 5. The third kappa shape index (κ3) is 3.63. The SMILES string of the molecule is Cc1nn(C(C)c2ccc(Cl)cc2Cl)c2nc(C3=C[C@H](C)N(C=O)CC3)cnc12. The normalized spacial score (nSPS) is 18.0. The van der Waals surface area contributed by atoms with Crippen molar-refractivity contribution < 1.29 is 4.79 Å². The molecule has 0 radical (unpaired) electrons. The Balaban J connectivity index is 1.78. The molecule has 1 aliphatic heterocycles. The number of hydrogen-bond acceptors (Lipinski definition) is 4. The molecule has 3 aromatic rings. The Morgan fingerprint density at radius 1 is 1.31 bits per heavy atom. The van der Waals surface area contributed by atoms with Gasteiger partial charge in [0.1, 0.15) is 5.52 Å². The molecule has 6 nitrogen and oxygen atoms in total. The number of carbonyl (C=O) groups is 1. The van der Waals surface area contributed by atoms with Gasteiger partial charge in [-0.15, -0.1) is 0 Å². The molecule has 1 unspecified atom stereocenters. The van der Waals surface area contributed by atoms with Crippen molar-refractivity contribution in [2.24, 2.45) is 0 Å². The van der Waals surface area contributed by atoms with Gasteiger partial charge in [0.15, 0.2) is 5.65 Å². The standard InChI is InChI=1S/C21H21Cl2N5O/c1-12-8-15(6-7-27(12)11-29)19-10-24-20-13(2)26-28(21(20)25-19)14(3)17-5-4-16(22)9-18(17)23/h4-5,8-12,14H,6-7H2,1-3H3/t12-,14?/m0/s1. The first-order valence-corrected chi connectivity index (χ1v) is 10.2. The highest BCUT2D eigenvalue weighted by Crippen LogP contribution is 2.31. The van der Waals surface area contributed by atoms with E-state index < -0.39 is 0 Å². The number of fused-ring (bicyclic) bond motifs is 1. The number of rotatable bonds is 4. The fourth-order valence-electron chi connectivity index (χ4n) is 3.73. The van der Waals surface area contributed by atoms with Gasteiger partial charge in [-0.1, -0.05) is 35.3 Å². The summed E-state index contributed by atoms with van der Waals surface area (Å²) in [5, 5.41) is 5.87. The van der Waals surface area contributed by atoms with Crippen LogP contribution in [0.5, 0.6) is 0 Å². The fraction of sp³-hybridized carbons (Fsp3) is 0.333. The average Bonchev–Trinajstić information content (AvgIpc) is 3.03. The Morgan fingerprint density at radius 2 is 2.10 bits per heavy atom. The maximum Gasteiger partial charge on any atom is 0.210 e. The number of hydrogen-bond donors (Lipinski definition) is 0. The first kappa shape index (κ1) is 19.9. The highest BCUT2D eigenvalue weighted by Gasteiger charge is 2.22. The minimum atomic E-state index is -0.134. The van der Waals surface area contributed by atoms with Gasteiger partial charge in [-0.05, 0) is 50.5 Å². The molecule has 0 saturated heterocycles. The average molecular weight is 430 g/mol. The number of halogens is 2. The lowest BCUT2D eigenvalue weighted by atomic mass is 10.0. The Bertz CT molecular complexity index is 1120. The van der Waals surface area contributed by atoms with Gasteiger partial charge in [0, 0.05) is 22.6 Å². The Kier molecular flexibility index (Phi) is 5.32. The van der Waals surface area contributed by atoms with Crippen LogP contribution in [0.4, 0.5) is 0 Å². The maximum atomic E-state index is 11.1. The Hall–Kier alpha value is -2.44. The van der Waals surface area contributed by atoms with Crippen LogP contribution in [0.15, 0.2) is 30.5 Å². The smallest absolute Gasteiger partial charge is 0.210 e. The van der Waals surface area contributed by atoms with Crippen molar-refractivity contribution >= 4 is 46.3 Å². The van der Waals surface area contributed by atoms with Crippen molar-refractivity contribution in [3.05, 3.63) is 57.5 Å². The number of amides is 1. The minimum absolute atomic E-state index is 0.0344. The van der Waals surface area contributed by atoms with Crippen LogP contribution in [-0.2, 0) is 4.79 Å². The molecule has 0 aliphatic carbocycles. The van der Waals surface area contributed by atoms with E-state index in [-0.39, 0.29) is 12.1 Å². The molecule has 2 atom stereocenters. The molecular weight excluding hydrogens is 409 g/mol. The van der Waals surface area contributed by atoms with E-state index in [1.54, 1.807) is 17.2 Å². The summed E-state index contributed by atoms with van der Waals surface area (Å²) in [6, 6.07) is 5.37. The molecule has 0 saturated carbocycles. The van der Waals surface area contributed by atoms with Gasteiger partial charge in [0.05, 0.1) is 23.6 Å². The molecule has 29 heavy (non-hydrogen) atoms. The third-order valence-electron chi connectivity index (χ3n) is 5.42. The summed E-state index contributed by atoms with van der Waals surface area (Å²) in [5.41, 5.74) is 5.11. The molecule has 150 valence electrons. The van der Waals surface area contributed by atoms with Crippen LogP contribution >= 0.6 is 23.2 Å². The van der Waals surface area contributed by atoms with Gasteiger partial charge < -0.3 is 4.90 Å². The molecule has 0 N–H and O–H groups in total. The maximum absolute atomic E-state index is 11.1. The minimum Gasteiger partial charge on any atom is -0.339 e. The van der Waals surface area contributed by atoms with Crippen LogP contribution in [0.2, 0.25) is 10.0 Å². The summed E-state index contributed by atoms with van der Waals surface area (Å²) >= 11 is 12.5. The predicted molar refractivity (Wildman–Crippen MR) is 115 cm³/mol. The molecule has 1 aromatic carbocycles. The van der Waals surface area contributed by atoms with E-state index in [1.165, 1.54) is 0 Å². The van der Waals surface area contributed by atoms with Gasteiger partial charge in [-0.2, -0.15) is 5.10 Å². The molecule has 4 rings (SSSR count). The topological polar surface area (TPSA) is 63.9 Å². The highest BCUT2D eigenvalue weighted by molar-refractivity contribution is 6.35. The quantitative estimate of drug-likeness (QED) is 0.564. The molecule has 1 aliphatic rings. The largest absolute Gasteiger partial charge is 0.339 e. The predicted octanol–water partition coefficient (Wildman–Crippen LogP) is 4.68. The van der Waals surface area contributed by atoms with Crippen molar-refractivity contribution in [1.82, 2.24) is 24.6 Å². The van der Waals surface area contributed by atoms with Crippen molar-refractivity contribution in [3.8, 4) is 0 Å². The third-order valence-corrected chi connectivity index (χ3v) is 5.98. The second-order valence-corrected chi connectivity index (χ2v) is 8.17. The van der Waals surface area contributed by atoms with Crippen LogP contribution in [0.1, 0.15) is 43.3 Å². The Labute approximate surface area is 179 Å². The van der Waals surface area contributed by atoms with Gasteiger partial charge in [0.2, 0.25) is 6.41 Å². The van der Waals surface area contributed by atoms with E-state index in [1.807, 2.05) is 37.6 Å². The Morgan fingerprint density at radius 3 is 2.79 bits per heavy atom. The summed E-state index contributed by atoms with van der Waals surface area (Å²) < 4.78 is 1.86. The molecule has 1 amide bonds. The summed E-state index contributed by atoms with van der Waals surface area (Å²) in [4.78, 5) is 22.4. The fourth-order valence-corrected chi connectivity index (χ4v) is 4.30. The second kappa shape index (κ2) is 7.76. The van der Waals surface area contributed by atoms with Gasteiger partial charge in [-0.25, -0.2) is 14.6 Å². The number of aryl methyl sites for hydroxylation is 1. The summed E-state index contributed by atoms with van der Waals surface area (Å²) in [5.74, 6) is 0. The van der Waals surface area contributed by atoms with E-state index in [0.717, 1.165) is 40.9 Å². The molecule has 3 heterocycles. The van der Waals surface area contributed by atoms with Crippen LogP contribution in [0, 0.1) is 6.92 Å². The summed E-state index contributed by atoms with van der Waals surface area (Å²) in [6.07, 6.45) is 5.49. The van der Waals surface area contributed by atoms with E-state index in [0.29, 0.717) is 22.2 Å². The van der Waals surface area contributed by atoms with Crippen molar-refractivity contribution in [1.29, 1.82) is 0 Å². The van der Waals surface area contributed by atoms with Crippen molar-refractivity contribution in [2.75, 3.05) is 6.54 Å². The van der Waals surface area contributed by atoms with Crippen LogP contribution < -0.4 is 0 Å². The lowest BCUT2D eigenvalue weighted by Gasteiger charge is -2.28. The molecule has 0 spiro atoms. The number of carbonyl (C=O) groups excluding carboxylic acids is 1. The van der Waals surface area contributed by atoms with Crippen LogP contribution in [-0.4, -0.2) is 43.6 Å². The van der Waals surface area contributed by atoms with Gasteiger partial charge in [-0.3, -0.25) is 4.79 Å². The monoisotopic (exact) mass is 429 g/mol. The van der Waals surface area contributed by atoms with Crippen molar-refractivity contribution in [3.63, 3.8) is 0 Å².